The molecule has 0 fully saturated rings. The molecular weight excluding hydrogens is 180 g/mol. The highest BCUT2D eigenvalue weighted by atomic mass is 16.5. The standard InChI is InChI=1S/C11H16O3/c1-4-14-8-9-7-10(12-2)5-6-11(9)13-3/h5-7H,4,8H2,1-3H3. The van der Waals surface area contributed by atoms with Crippen molar-refractivity contribution in [2.75, 3.05) is 20.8 Å². The summed E-state index contributed by atoms with van der Waals surface area (Å²) in [5, 5.41) is 0. The minimum atomic E-state index is 0.552. The lowest BCUT2D eigenvalue weighted by atomic mass is 10.2. The fourth-order valence-corrected chi connectivity index (χ4v) is 1.21. The van der Waals surface area contributed by atoms with Gasteiger partial charge in [-0.25, -0.2) is 0 Å². The Morgan fingerprint density at radius 1 is 1.14 bits per heavy atom. The summed E-state index contributed by atoms with van der Waals surface area (Å²) >= 11 is 0. The van der Waals surface area contributed by atoms with Crippen LogP contribution < -0.4 is 9.47 Å². The van der Waals surface area contributed by atoms with Gasteiger partial charge in [-0.15, -0.1) is 0 Å². The molecule has 0 radical (unpaired) electrons. The highest BCUT2D eigenvalue weighted by Gasteiger charge is 2.04. The van der Waals surface area contributed by atoms with E-state index in [1.54, 1.807) is 14.2 Å². The second kappa shape index (κ2) is 5.50. The lowest BCUT2D eigenvalue weighted by Crippen LogP contribution is -1.97. The molecule has 0 amide bonds. The first-order valence-electron chi connectivity index (χ1n) is 4.60. The van der Waals surface area contributed by atoms with E-state index >= 15 is 0 Å². The van der Waals surface area contributed by atoms with Gasteiger partial charge in [-0.1, -0.05) is 0 Å². The van der Waals surface area contributed by atoms with Crippen molar-refractivity contribution >= 4 is 0 Å². The van der Waals surface area contributed by atoms with Gasteiger partial charge in [-0.3, -0.25) is 0 Å². The van der Waals surface area contributed by atoms with Crippen LogP contribution in [0.15, 0.2) is 18.2 Å². The summed E-state index contributed by atoms with van der Waals surface area (Å²) in [6, 6.07) is 5.68. The fraction of sp³-hybridized carbons (Fsp3) is 0.455. The minimum absolute atomic E-state index is 0.552. The molecule has 0 heterocycles. The number of hydrogen-bond donors (Lipinski definition) is 0. The Balaban J connectivity index is 2.84. The maximum atomic E-state index is 5.33. The Morgan fingerprint density at radius 3 is 2.50 bits per heavy atom. The Labute approximate surface area is 84.6 Å². The molecule has 3 heteroatoms. The molecular formula is C11H16O3. The third kappa shape index (κ3) is 2.64. The zero-order chi connectivity index (χ0) is 10.4. The molecule has 0 N–H and O–H groups in total. The molecule has 0 aliphatic rings. The molecule has 3 nitrogen and oxygen atoms in total. The number of ether oxygens (including phenoxy) is 3. The van der Waals surface area contributed by atoms with Gasteiger partial charge in [0.05, 0.1) is 20.8 Å². The third-order valence-corrected chi connectivity index (χ3v) is 1.95. The van der Waals surface area contributed by atoms with E-state index in [2.05, 4.69) is 0 Å². The van der Waals surface area contributed by atoms with Gasteiger partial charge < -0.3 is 14.2 Å². The number of hydrogen-bond acceptors (Lipinski definition) is 3. The van der Waals surface area contributed by atoms with E-state index < -0.39 is 0 Å². The van der Waals surface area contributed by atoms with E-state index in [0.29, 0.717) is 13.2 Å². The first-order chi connectivity index (χ1) is 6.81. The van der Waals surface area contributed by atoms with Crippen LogP contribution in [-0.2, 0) is 11.3 Å². The van der Waals surface area contributed by atoms with Crippen molar-refractivity contribution in [3.63, 3.8) is 0 Å². The van der Waals surface area contributed by atoms with E-state index in [1.807, 2.05) is 25.1 Å². The third-order valence-electron chi connectivity index (χ3n) is 1.95. The normalized spacial score (nSPS) is 9.93. The van der Waals surface area contributed by atoms with Gasteiger partial charge in [0.1, 0.15) is 11.5 Å². The predicted molar refractivity (Wildman–Crippen MR) is 54.9 cm³/mol. The molecule has 0 aromatic heterocycles. The minimum Gasteiger partial charge on any atom is -0.497 e. The topological polar surface area (TPSA) is 27.7 Å². The summed E-state index contributed by atoms with van der Waals surface area (Å²) in [6.07, 6.45) is 0. The van der Waals surface area contributed by atoms with Crippen molar-refractivity contribution in [1.82, 2.24) is 0 Å². The van der Waals surface area contributed by atoms with Gasteiger partial charge >= 0.3 is 0 Å². The summed E-state index contributed by atoms with van der Waals surface area (Å²) < 4.78 is 15.7. The van der Waals surface area contributed by atoms with Crippen molar-refractivity contribution in [3.05, 3.63) is 23.8 Å². The maximum Gasteiger partial charge on any atom is 0.124 e. The molecule has 1 aromatic rings. The van der Waals surface area contributed by atoms with Crippen molar-refractivity contribution in [3.8, 4) is 11.5 Å². The van der Waals surface area contributed by atoms with Crippen LogP contribution in [0.5, 0.6) is 11.5 Å². The number of methoxy groups -OCH3 is 2. The van der Waals surface area contributed by atoms with Gasteiger partial charge in [0.25, 0.3) is 0 Å². The van der Waals surface area contributed by atoms with Crippen LogP contribution in [0, 0.1) is 0 Å². The first kappa shape index (κ1) is 10.9. The molecule has 1 rings (SSSR count). The predicted octanol–water partition coefficient (Wildman–Crippen LogP) is 2.24. The quantitative estimate of drug-likeness (QED) is 0.722. The van der Waals surface area contributed by atoms with Crippen molar-refractivity contribution in [2.45, 2.75) is 13.5 Å². The molecule has 0 spiro atoms. The highest BCUT2D eigenvalue weighted by Crippen LogP contribution is 2.24. The largest absolute Gasteiger partial charge is 0.497 e. The van der Waals surface area contributed by atoms with Gasteiger partial charge in [0, 0.05) is 12.2 Å². The Hall–Kier alpha value is -1.22. The SMILES string of the molecule is CCOCc1cc(OC)ccc1OC. The lowest BCUT2D eigenvalue weighted by molar-refractivity contribution is 0.131. The summed E-state index contributed by atoms with van der Waals surface area (Å²) in [5.74, 6) is 1.65. The molecule has 0 bridgehead atoms. The molecule has 0 saturated heterocycles. The Kier molecular flexibility index (Phi) is 4.26. The van der Waals surface area contributed by atoms with Crippen LogP contribution in [0.4, 0.5) is 0 Å². The van der Waals surface area contributed by atoms with Gasteiger partial charge in [-0.2, -0.15) is 0 Å². The van der Waals surface area contributed by atoms with Crippen LogP contribution >= 0.6 is 0 Å². The monoisotopic (exact) mass is 196 g/mol. The van der Waals surface area contributed by atoms with Crippen molar-refractivity contribution in [2.24, 2.45) is 0 Å². The summed E-state index contributed by atoms with van der Waals surface area (Å²) in [4.78, 5) is 0. The lowest BCUT2D eigenvalue weighted by Gasteiger charge is -2.09. The van der Waals surface area contributed by atoms with Crippen LogP contribution in [0.1, 0.15) is 12.5 Å². The molecule has 0 saturated carbocycles. The maximum absolute atomic E-state index is 5.33. The smallest absolute Gasteiger partial charge is 0.124 e. The second-order valence-electron chi connectivity index (χ2n) is 2.81. The highest BCUT2D eigenvalue weighted by molar-refractivity contribution is 5.39. The summed E-state index contributed by atoms with van der Waals surface area (Å²) in [5.41, 5.74) is 1.01. The molecule has 0 aliphatic carbocycles. The Bertz CT molecular complexity index is 284. The van der Waals surface area contributed by atoms with E-state index in [-0.39, 0.29) is 0 Å². The van der Waals surface area contributed by atoms with Gasteiger partial charge in [-0.05, 0) is 25.1 Å². The van der Waals surface area contributed by atoms with E-state index in [1.165, 1.54) is 0 Å². The van der Waals surface area contributed by atoms with Crippen molar-refractivity contribution in [1.29, 1.82) is 0 Å². The van der Waals surface area contributed by atoms with Crippen LogP contribution in [-0.4, -0.2) is 20.8 Å². The average molecular weight is 196 g/mol. The summed E-state index contributed by atoms with van der Waals surface area (Å²) in [6.45, 7) is 3.21. The van der Waals surface area contributed by atoms with E-state index in [9.17, 15) is 0 Å². The molecule has 14 heavy (non-hydrogen) atoms. The molecule has 1 aromatic carbocycles. The van der Waals surface area contributed by atoms with Gasteiger partial charge in [0.2, 0.25) is 0 Å². The molecule has 78 valence electrons. The summed E-state index contributed by atoms with van der Waals surface area (Å²) in [7, 11) is 3.30. The van der Waals surface area contributed by atoms with Gasteiger partial charge in [0.15, 0.2) is 0 Å². The van der Waals surface area contributed by atoms with Crippen LogP contribution in [0.2, 0.25) is 0 Å². The zero-order valence-corrected chi connectivity index (χ0v) is 8.87. The fourth-order valence-electron chi connectivity index (χ4n) is 1.21. The zero-order valence-electron chi connectivity index (χ0n) is 8.87. The molecule has 0 aliphatic heterocycles. The van der Waals surface area contributed by atoms with E-state index in [4.69, 9.17) is 14.2 Å². The first-order valence-corrected chi connectivity index (χ1v) is 4.60. The Morgan fingerprint density at radius 2 is 1.93 bits per heavy atom. The van der Waals surface area contributed by atoms with Crippen molar-refractivity contribution < 1.29 is 14.2 Å². The molecule has 0 unspecified atom stereocenters. The number of rotatable bonds is 5. The second-order valence-corrected chi connectivity index (χ2v) is 2.81. The number of benzene rings is 1. The van der Waals surface area contributed by atoms with Crippen LogP contribution in [0.3, 0.4) is 0 Å². The average Bonchev–Trinajstić information content (AvgIpc) is 2.25. The van der Waals surface area contributed by atoms with E-state index in [0.717, 1.165) is 17.1 Å². The molecule has 0 atom stereocenters. The van der Waals surface area contributed by atoms with Crippen LogP contribution in [0.25, 0.3) is 0 Å².